The Morgan fingerprint density at radius 3 is 0.356 bits per heavy atom. The molecule has 0 spiro atoms. The molecular weight excluding hydrogens is 1220 g/mol. The average Bonchev–Trinajstić information content (AvgIpc) is 3.15. The molecule has 0 rings (SSSR count). The van der Waals surface area contributed by atoms with Crippen LogP contribution in [0.25, 0.3) is 0 Å². The van der Waals surface area contributed by atoms with Crippen LogP contribution in [0.2, 0.25) is 0 Å². The summed E-state index contributed by atoms with van der Waals surface area (Å²) in [6.07, 6.45) is -32.4. The minimum Gasteiger partial charge on any atom is -0.303 e. The zero-order valence-corrected chi connectivity index (χ0v) is 30.7. The molecule has 0 aliphatic carbocycles. The van der Waals surface area contributed by atoms with Crippen molar-refractivity contribution >= 4 is 0 Å². The Bertz CT molecular complexity index is 1820. The molecular formula is C24H2F48O. The molecule has 2 atom stereocenters. The third-order valence-corrected chi connectivity index (χ3v) is 8.67. The second-order valence-corrected chi connectivity index (χ2v) is 13.3. The molecule has 0 radical (unpaired) electrons. The Balaban J connectivity index is 7.59. The molecule has 0 aromatic heterocycles. The Morgan fingerprint density at radius 1 is 0.151 bits per heavy atom. The van der Waals surface area contributed by atoms with Gasteiger partial charge >= 0.3 is 131 Å². The molecule has 0 N–H and O–H groups in total. The maximum absolute atomic E-state index is 13.9. The molecule has 0 fully saturated rings. The van der Waals surface area contributed by atoms with E-state index in [1.54, 1.807) is 0 Å². The largest absolute Gasteiger partial charge is 0.460 e. The lowest BCUT2D eigenvalue weighted by atomic mass is 9.85. The highest BCUT2D eigenvalue weighted by Crippen LogP contribution is 2.70. The molecule has 0 aliphatic heterocycles. The molecule has 0 aromatic carbocycles. The van der Waals surface area contributed by atoms with Crippen LogP contribution in [0, 0.1) is 0 Å². The maximum Gasteiger partial charge on any atom is 0.460 e. The SMILES string of the molecule is FC(OC(F)C(F)(F)C(F)(F)C(F)(F)C(F)(F)C(F)(F)C(F)(F)C(F)(F)C(F)(F)C(F)(F)C(F)(F)C(F)(F)F)C(F)(F)C(F)(F)C(F)(F)C(F)(F)C(F)(F)C(F)(F)C(F)(F)C(F)(F)C(F)(F)C(F)(F)C(F)(F)F. The van der Waals surface area contributed by atoms with Gasteiger partial charge in [0.15, 0.2) is 0 Å². The van der Waals surface area contributed by atoms with Gasteiger partial charge in [0.2, 0.25) is 0 Å². The lowest BCUT2D eigenvalue weighted by Crippen LogP contribution is -2.78. The monoisotopic (exact) mass is 1220 g/mol. The van der Waals surface area contributed by atoms with E-state index in [0.29, 0.717) is 0 Å². The molecule has 2 unspecified atom stereocenters. The number of alkyl halides is 48. The first-order valence-corrected chi connectivity index (χ1v) is 15.2. The number of hydrogen-bond acceptors (Lipinski definition) is 1. The van der Waals surface area contributed by atoms with Crippen molar-refractivity contribution in [2.75, 3.05) is 0 Å². The standard InChI is InChI=1S/C24H2F48O/c25-1(3(27,28)5(31,32)7(35,36)9(39,40)11(43,44)13(47,48)15(51,52)17(55,56)19(59,60)21(63,64)23(67,68)69)73-2(26)4(29,30)6(33,34)8(37,38)10(41,42)12(45,46)14(49,50)16(53,54)18(57,58)20(61,62)22(65,66)24(70,71)72/h1-2H. The van der Waals surface area contributed by atoms with Crippen LogP contribution >= 0.6 is 0 Å². The highest BCUT2D eigenvalue weighted by molar-refractivity contribution is 5.21. The summed E-state index contributed by atoms with van der Waals surface area (Å²) in [6, 6.07) is 0. The number of halogens is 48. The Hall–Kier alpha value is -3.40. The summed E-state index contributed by atoms with van der Waals surface area (Å²) in [5, 5.41) is 0. The fourth-order valence-corrected chi connectivity index (χ4v) is 4.10. The van der Waals surface area contributed by atoms with Gasteiger partial charge in [0, 0.05) is 0 Å². The second-order valence-electron chi connectivity index (χ2n) is 13.3. The van der Waals surface area contributed by atoms with E-state index in [4.69, 9.17) is 0 Å². The number of rotatable bonds is 22. The van der Waals surface area contributed by atoms with Crippen LogP contribution in [0.3, 0.4) is 0 Å². The van der Waals surface area contributed by atoms with Crippen LogP contribution in [0.15, 0.2) is 0 Å². The number of ether oxygens (including phenoxy) is 1. The van der Waals surface area contributed by atoms with E-state index in [1.165, 1.54) is 0 Å². The fourth-order valence-electron chi connectivity index (χ4n) is 4.10. The molecule has 440 valence electrons. The van der Waals surface area contributed by atoms with Gasteiger partial charge in [-0.05, 0) is 0 Å². The van der Waals surface area contributed by atoms with Crippen molar-refractivity contribution in [3.63, 3.8) is 0 Å². The van der Waals surface area contributed by atoms with E-state index < -0.39 is 144 Å². The highest BCUT2D eigenvalue weighted by Gasteiger charge is 3.01. The number of hydrogen-bond donors (Lipinski definition) is 0. The molecule has 0 bridgehead atoms. The highest BCUT2D eigenvalue weighted by atomic mass is 19.5. The van der Waals surface area contributed by atoms with Gasteiger partial charge < -0.3 is 4.74 Å². The summed E-state index contributed by atoms with van der Waals surface area (Å²) in [5.41, 5.74) is 0. The normalized spacial score (nSPS) is 18.1. The molecule has 0 amide bonds. The predicted molar refractivity (Wildman–Crippen MR) is 122 cm³/mol. The van der Waals surface area contributed by atoms with E-state index in [2.05, 4.69) is 0 Å². The Kier molecular flexibility index (Phi) is 16.3. The van der Waals surface area contributed by atoms with Crippen molar-refractivity contribution in [3.05, 3.63) is 0 Å². The summed E-state index contributed by atoms with van der Waals surface area (Å²) < 4.78 is 648. The van der Waals surface area contributed by atoms with Crippen LogP contribution in [0.4, 0.5) is 211 Å². The van der Waals surface area contributed by atoms with E-state index in [0.717, 1.165) is 4.74 Å². The van der Waals surface area contributed by atoms with Crippen molar-refractivity contribution in [3.8, 4) is 0 Å². The van der Waals surface area contributed by atoms with Gasteiger partial charge in [-0.15, -0.1) is 0 Å². The summed E-state index contributed by atoms with van der Waals surface area (Å²) in [7, 11) is 0. The van der Waals surface area contributed by atoms with Crippen molar-refractivity contribution < 1.29 is 215 Å². The first-order chi connectivity index (χ1) is 30.5. The fraction of sp³-hybridized carbons (Fsp3) is 1.00. The van der Waals surface area contributed by atoms with Crippen LogP contribution in [-0.2, 0) is 4.74 Å². The van der Waals surface area contributed by atoms with Gasteiger partial charge in [-0.2, -0.15) is 202 Å². The van der Waals surface area contributed by atoms with Crippen LogP contribution < -0.4 is 0 Å². The van der Waals surface area contributed by atoms with Gasteiger partial charge in [-0.25, -0.2) is 8.78 Å². The molecule has 73 heavy (non-hydrogen) atoms. The first kappa shape index (κ1) is 69.6. The Labute approximate surface area is 360 Å². The zero-order valence-electron chi connectivity index (χ0n) is 30.7. The lowest BCUT2D eigenvalue weighted by Gasteiger charge is -2.45. The minimum absolute atomic E-state index is 1.11. The zero-order chi connectivity index (χ0) is 60.9. The molecule has 0 aliphatic rings. The van der Waals surface area contributed by atoms with Gasteiger partial charge in [0.05, 0.1) is 0 Å². The van der Waals surface area contributed by atoms with E-state index in [1.807, 2.05) is 0 Å². The van der Waals surface area contributed by atoms with E-state index >= 15 is 0 Å². The first-order valence-electron chi connectivity index (χ1n) is 15.2. The minimum atomic E-state index is -10.3. The molecule has 0 aromatic rings. The smallest absolute Gasteiger partial charge is 0.303 e. The van der Waals surface area contributed by atoms with Crippen LogP contribution in [0.5, 0.6) is 0 Å². The van der Waals surface area contributed by atoms with Crippen LogP contribution in [0.1, 0.15) is 0 Å². The van der Waals surface area contributed by atoms with E-state index in [-0.39, 0.29) is 0 Å². The third kappa shape index (κ3) is 8.20. The van der Waals surface area contributed by atoms with Crippen molar-refractivity contribution in [1.82, 2.24) is 0 Å². The van der Waals surface area contributed by atoms with Gasteiger partial charge in [-0.1, -0.05) is 0 Å². The van der Waals surface area contributed by atoms with Crippen molar-refractivity contribution in [2.24, 2.45) is 0 Å². The van der Waals surface area contributed by atoms with Gasteiger partial charge in [0.25, 0.3) is 12.7 Å². The van der Waals surface area contributed by atoms with Gasteiger partial charge in [0.1, 0.15) is 0 Å². The van der Waals surface area contributed by atoms with E-state index in [9.17, 15) is 211 Å². The molecule has 0 heterocycles. The lowest BCUT2D eigenvalue weighted by molar-refractivity contribution is -0.485. The van der Waals surface area contributed by atoms with Gasteiger partial charge in [-0.3, -0.25) is 0 Å². The topological polar surface area (TPSA) is 9.23 Å². The molecule has 0 saturated heterocycles. The summed E-state index contributed by atoms with van der Waals surface area (Å²) in [4.78, 5) is 0. The quantitative estimate of drug-likeness (QED) is 0.0982. The molecule has 49 heteroatoms. The summed E-state index contributed by atoms with van der Waals surface area (Å²) in [6.45, 7) is 0. The maximum atomic E-state index is 13.9. The van der Waals surface area contributed by atoms with Crippen LogP contribution in [-0.4, -0.2) is 144 Å². The summed E-state index contributed by atoms with van der Waals surface area (Å²) >= 11 is 0. The third-order valence-electron chi connectivity index (χ3n) is 8.67. The molecule has 1 nitrogen and oxygen atoms in total. The van der Waals surface area contributed by atoms with Crippen molar-refractivity contribution in [1.29, 1.82) is 0 Å². The second kappa shape index (κ2) is 17.0. The predicted octanol–water partition coefficient (Wildman–Crippen LogP) is 15.4. The summed E-state index contributed by atoms with van der Waals surface area (Å²) in [5.74, 6) is -197. The average molecular weight is 1220 g/mol. The van der Waals surface area contributed by atoms with Crippen molar-refractivity contribution in [2.45, 2.75) is 144 Å². The molecule has 0 saturated carbocycles. The Morgan fingerprint density at radius 2 is 0.247 bits per heavy atom.